The van der Waals surface area contributed by atoms with Crippen molar-refractivity contribution < 1.29 is 14.3 Å². The van der Waals surface area contributed by atoms with E-state index in [0.29, 0.717) is 30.2 Å². The molecule has 0 fully saturated rings. The van der Waals surface area contributed by atoms with Crippen molar-refractivity contribution in [3.05, 3.63) is 53.6 Å². The maximum Gasteiger partial charge on any atom is 0.224 e. The number of hydrogen-bond acceptors (Lipinski definition) is 4. The van der Waals surface area contributed by atoms with Gasteiger partial charge in [-0.15, -0.1) is 0 Å². The molecule has 23 heavy (non-hydrogen) atoms. The second-order valence-corrected chi connectivity index (χ2v) is 5.21. The van der Waals surface area contributed by atoms with Gasteiger partial charge < -0.3 is 20.5 Å². The Kier molecular flexibility index (Phi) is 5.86. The highest BCUT2D eigenvalue weighted by Crippen LogP contribution is 2.27. The summed E-state index contributed by atoms with van der Waals surface area (Å²) >= 11 is 0. The van der Waals surface area contributed by atoms with Gasteiger partial charge in [-0.25, -0.2) is 0 Å². The van der Waals surface area contributed by atoms with E-state index < -0.39 is 0 Å². The van der Waals surface area contributed by atoms with Gasteiger partial charge >= 0.3 is 0 Å². The molecule has 0 atom stereocenters. The molecule has 0 aliphatic carbocycles. The van der Waals surface area contributed by atoms with Crippen LogP contribution in [0.1, 0.15) is 11.1 Å². The highest BCUT2D eigenvalue weighted by atomic mass is 16.5. The Morgan fingerprint density at radius 3 is 2.52 bits per heavy atom. The molecule has 1 amide bonds. The Hall–Kier alpha value is -2.69. The summed E-state index contributed by atoms with van der Waals surface area (Å²) in [7, 11) is 3.21. The van der Waals surface area contributed by atoms with E-state index in [1.165, 1.54) is 0 Å². The smallest absolute Gasteiger partial charge is 0.224 e. The summed E-state index contributed by atoms with van der Waals surface area (Å²) < 4.78 is 10.5. The number of benzene rings is 2. The van der Waals surface area contributed by atoms with Crippen LogP contribution < -0.4 is 20.5 Å². The van der Waals surface area contributed by atoms with Crippen molar-refractivity contribution in [2.24, 2.45) is 0 Å². The highest BCUT2D eigenvalue weighted by Gasteiger charge is 2.06. The summed E-state index contributed by atoms with van der Waals surface area (Å²) in [5.41, 5.74) is 8.36. The first-order valence-electron chi connectivity index (χ1n) is 7.44. The van der Waals surface area contributed by atoms with Gasteiger partial charge in [0, 0.05) is 12.2 Å². The van der Waals surface area contributed by atoms with Gasteiger partial charge in [-0.05, 0) is 41.8 Å². The van der Waals surface area contributed by atoms with Gasteiger partial charge in [-0.1, -0.05) is 18.2 Å². The van der Waals surface area contributed by atoms with Crippen LogP contribution in [0.4, 0.5) is 5.69 Å². The number of hydrogen-bond donors (Lipinski definition) is 2. The lowest BCUT2D eigenvalue weighted by atomic mass is 10.1. The van der Waals surface area contributed by atoms with E-state index in [-0.39, 0.29) is 5.91 Å². The molecule has 0 bridgehead atoms. The molecule has 122 valence electrons. The molecule has 2 aromatic rings. The molecule has 0 saturated heterocycles. The largest absolute Gasteiger partial charge is 0.493 e. The third-order valence-corrected chi connectivity index (χ3v) is 3.50. The SMILES string of the molecule is COc1ccc(CCNC(=O)Cc2cccc(N)c2)cc1OC. The van der Waals surface area contributed by atoms with Crippen LogP contribution in [0.25, 0.3) is 0 Å². The van der Waals surface area contributed by atoms with E-state index in [1.54, 1.807) is 20.3 Å². The van der Waals surface area contributed by atoms with E-state index in [1.807, 2.05) is 36.4 Å². The van der Waals surface area contributed by atoms with Crippen molar-refractivity contribution in [2.75, 3.05) is 26.5 Å². The summed E-state index contributed by atoms with van der Waals surface area (Å²) in [5.74, 6) is 1.37. The maximum absolute atomic E-state index is 11.9. The molecule has 0 heterocycles. The highest BCUT2D eigenvalue weighted by molar-refractivity contribution is 5.78. The number of rotatable bonds is 7. The minimum absolute atomic E-state index is 0.0175. The monoisotopic (exact) mass is 314 g/mol. The van der Waals surface area contributed by atoms with Gasteiger partial charge in [0.1, 0.15) is 0 Å². The fourth-order valence-electron chi connectivity index (χ4n) is 2.33. The second-order valence-electron chi connectivity index (χ2n) is 5.21. The molecule has 0 radical (unpaired) electrons. The fraction of sp³-hybridized carbons (Fsp3) is 0.278. The van der Waals surface area contributed by atoms with Crippen molar-refractivity contribution in [1.29, 1.82) is 0 Å². The van der Waals surface area contributed by atoms with Crippen LogP contribution in [0.3, 0.4) is 0 Å². The lowest BCUT2D eigenvalue weighted by molar-refractivity contribution is -0.120. The van der Waals surface area contributed by atoms with Crippen molar-refractivity contribution in [1.82, 2.24) is 5.32 Å². The molecule has 0 aromatic heterocycles. The molecule has 0 saturated carbocycles. The van der Waals surface area contributed by atoms with Gasteiger partial charge in [0.2, 0.25) is 5.91 Å². The van der Waals surface area contributed by atoms with Crippen LogP contribution in [0.2, 0.25) is 0 Å². The van der Waals surface area contributed by atoms with Gasteiger partial charge in [-0.2, -0.15) is 0 Å². The number of ether oxygens (including phenoxy) is 2. The Labute approximate surface area is 136 Å². The fourth-order valence-corrected chi connectivity index (χ4v) is 2.33. The van der Waals surface area contributed by atoms with Gasteiger partial charge in [0.25, 0.3) is 0 Å². The molecule has 3 N–H and O–H groups in total. The molecule has 0 spiro atoms. The molecular weight excluding hydrogens is 292 g/mol. The number of carbonyl (C=O) groups excluding carboxylic acids is 1. The lowest BCUT2D eigenvalue weighted by Gasteiger charge is -2.10. The van der Waals surface area contributed by atoms with Gasteiger partial charge in [-0.3, -0.25) is 4.79 Å². The van der Waals surface area contributed by atoms with E-state index in [0.717, 1.165) is 17.5 Å². The Morgan fingerprint density at radius 1 is 1.04 bits per heavy atom. The zero-order chi connectivity index (χ0) is 16.7. The molecule has 0 aliphatic rings. The first kappa shape index (κ1) is 16.7. The van der Waals surface area contributed by atoms with Crippen LogP contribution in [0.5, 0.6) is 11.5 Å². The van der Waals surface area contributed by atoms with Crippen LogP contribution in [-0.4, -0.2) is 26.7 Å². The van der Waals surface area contributed by atoms with E-state index in [9.17, 15) is 4.79 Å². The number of methoxy groups -OCH3 is 2. The molecule has 0 aliphatic heterocycles. The van der Waals surface area contributed by atoms with Gasteiger partial charge in [0.15, 0.2) is 11.5 Å². The van der Waals surface area contributed by atoms with E-state index in [4.69, 9.17) is 15.2 Å². The summed E-state index contributed by atoms with van der Waals surface area (Å²) in [5, 5.41) is 2.91. The first-order valence-corrected chi connectivity index (χ1v) is 7.44. The standard InChI is InChI=1S/C18H22N2O3/c1-22-16-7-6-13(11-17(16)23-2)8-9-20-18(21)12-14-4-3-5-15(19)10-14/h3-7,10-11H,8-9,12,19H2,1-2H3,(H,20,21). The zero-order valence-electron chi connectivity index (χ0n) is 13.5. The van der Waals surface area contributed by atoms with E-state index >= 15 is 0 Å². The molecule has 5 nitrogen and oxygen atoms in total. The average molecular weight is 314 g/mol. The number of anilines is 1. The molecular formula is C18H22N2O3. The van der Waals surface area contributed by atoms with Crippen LogP contribution in [0, 0.1) is 0 Å². The minimum atomic E-state index is -0.0175. The number of amides is 1. The van der Waals surface area contributed by atoms with Crippen molar-refractivity contribution in [3.8, 4) is 11.5 Å². The second kappa shape index (κ2) is 8.08. The van der Waals surface area contributed by atoms with Gasteiger partial charge in [0.05, 0.1) is 20.6 Å². The average Bonchev–Trinajstić information content (AvgIpc) is 2.54. The van der Waals surface area contributed by atoms with Crippen LogP contribution in [0.15, 0.2) is 42.5 Å². The van der Waals surface area contributed by atoms with Crippen molar-refractivity contribution >= 4 is 11.6 Å². The molecule has 2 rings (SSSR count). The Morgan fingerprint density at radius 2 is 1.83 bits per heavy atom. The Balaban J connectivity index is 1.83. The quantitative estimate of drug-likeness (QED) is 0.768. The van der Waals surface area contributed by atoms with Crippen LogP contribution >= 0.6 is 0 Å². The predicted molar refractivity (Wildman–Crippen MR) is 90.8 cm³/mol. The third kappa shape index (κ3) is 4.92. The number of nitrogens with one attached hydrogen (secondary N) is 1. The Bertz CT molecular complexity index is 671. The molecule has 2 aromatic carbocycles. The summed E-state index contributed by atoms with van der Waals surface area (Å²) in [6, 6.07) is 13.1. The normalized spacial score (nSPS) is 10.2. The minimum Gasteiger partial charge on any atom is -0.493 e. The summed E-state index contributed by atoms with van der Waals surface area (Å²) in [4.78, 5) is 11.9. The van der Waals surface area contributed by atoms with Crippen molar-refractivity contribution in [3.63, 3.8) is 0 Å². The van der Waals surface area contributed by atoms with Crippen molar-refractivity contribution in [2.45, 2.75) is 12.8 Å². The third-order valence-electron chi connectivity index (χ3n) is 3.50. The van der Waals surface area contributed by atoms with Crippen LogP contribution in [-0.2, 0) is 17.6 Å². The maximum atomic E-state index is 11.9. The number of nitrogens with two attached hydrogens (primary N) is 1. The predicted octanol–water partition coefficient (Wildman–Crippen LogP) is 2.19. The number of carbonyl (C=O) groups is 1. The molecule has 0 unspecified atom stereocenters. The topological polar surface area (TPSA) is 73.6 Å². The molecule has 5 heteroatoms. The number of nitrogen functional groups attached to an aromatic ring is 1. The summed E-state index contributed by atoms with van der Waals surface area (Å²) in [6.07, 6.45) is 1.06. The lowest BCUT2D eigenvalue weighted by Crippen LogP contribution is -2.27. The van der Waals surface area contributed by atoms with E-state index in [2.05, 4.69) is 5.32 Å². The summed E-state index contributed by atoms with van der Waals surface area (Å²) in [6.45, 7) is 0.566. The zero-order valence-corrected chi connectivity index (χ0v) is 13.5. The first-order chi connectivity index (χ1) is 11.1.